The van der Waals surface area contributed by atoms with E-state index in [-0.39, 0.29) is 11.3 Å². The molecule has 1 fully saturated rings. The highest BCUT2D eigenvalue weighted by Crippen LogP contribution is 2.33. The van der Waals surface area contributed by atoms with Crippen molar-refractivity contribution in [2.24, 2.45) is 5.92 Å². The van der Waals surface area contributed by atoms with E-state index in [9.17, 15) is 8.42 Å². The second-order valence-electron chi connectivity index (χ2n) is 6.43. The molecule has 4 heteroatoms. The maximum atomic E-state index is 13.1. The van der Waals surface area contributed by atoms with Gasteiger partial charge in [-0.2, -0.15) is 0 Å². The van der Waals surface area contributed by atoms with Crippen LogP contribution in [0.25, 0.3) is 0 Å². The topological polar surface area (TPSA) is 46.2 Å². The minimum absolute atomic E-state index is 0.0805. The monoisotopic (exact) mass is 309 g/mol. The quantitative estimate of drug-likeness (QED) is 0.928. The molecular weight excluding hydrogens is 282 g/mol. The lowest BCUT2D eigenvalue weighted by Gasteiger charge is -2.35. The Balaban J connectivity index is 2.39. The fourth-order valence-electron chi connectivity index (χ4n) is 3.45. The summed E-state index contributed by atoms with van der Waals surface area (Å²) >= 11 is 0. The Morgan fingerprint density at radius 1 is 1.24 bits per heavy atom. The number of hydrogen-bond donors (Lipinski definition) is 1. The molecule has 0 saturated heterocycles. The van der Waals surface area contributed by atoms with Gasteiger partial charge in [0, 0.05) is 6.04 Å². The fraction of sp³-hybridized carbons (Fsp3) is 0.647. The first kappa shape index (κ1) is 16.5. The average Bonchev–Trinajstić information content (AvgIpc) is 2.40. The van der Waals surface area contributed by atoms with Crippen LogP contribution in [0, 0.1) is 19.8 Å². The predicted molar refractivity (Wildman–Crippen MR) is 87.4 cm³/mol. The molecule has 0 bridgehead atoms. The van der Waals surface area contributed by atoms with E-state index in [1.54, 1.807) is 6.07 Å². The maximum absolute atomic E-state index is 13.1. The predicted octanol–water partition coefficient (Wildman–Crippen LogP) is 3.24. The zero-order chi connectivity index (χ0) is 15.6. The summed E-state index contributed by atoms with van der Waals surface area (Å²) in [6.07, 6.45) is 2.81. The third-order valence-corrected chi connectivity index (χ3v) is 6.95. The molecule has 0 spiro atoms. The van der Waals surface area contributed by atoms with E-state index in [0.29, 0.717) is 10.8 Å². The van der Waals surface area contributed by atoms with Crippen LogP contribution in [0.4, 0.5) is 0 Å². The molecule has 2 rings (SSSR count). The summed E-state index contributed by atoms with van der Waals surface area (Å²) in [5, 5.41) is 3.08. The minimum atomic E-state index is -3.28. The second-order valence-corrected chi connectivity index (χ2v) is 8.57. The van der Waals surface area contributed by atoms with Gasteiger partial charge < -0.3 is 5.32 Å². The Kier molecular flexibility index (Phi) is 5.10. The van der Waals surface area contributed by atoms with Crippen molar-refractivity contribution in [1.82, 2.24) is 5.32 Å². The Morgan fingerprint density at radius 2 is 1.95 bits per heavy atom. The van der Waals surface area contributed by atoms with Crippen molar-refractivity contribution in [3.63, 3.8) is 0 Å². The Morgan fingerprint density at radius 3 is 2.57 bits per heavy atom. The van der Waals surface area contributed by atoms with E-state index in [1.165, 1.54) is 0 Å². The van der Waals surface area contributed by atoms with E-state index in [4.69, 9.17) is 0 Å². The van der Waals surface area contributed by atoms with Gasteiger partial charge in [-0.05, 0) is 57.2 Å². The summed E-state index contributed by atoms with van der Waals surface area (Å²) < 4.78 is 26.2. The first-order valence-electron chi connectivity index (χ1n) is 7.90. The molecule has 3 nitrogen and oxygen atoms in total. The minimum Gasteiger partial charge on any atom is -0.313 e. The lowest BCUT2D eigenvalue weighted by Crippen LogP contribution is -2.47. The highest BCUT2D eigenvalue weighted by Gasteiger charge is 2.38. The van der Waals surface area contributed by atoms with Crippen LogP contribution in [-0.4, -0.2) is 26.3 Å². The van der Waals surface area contributed by atoms with Crippen LogP contribution in [0.15, 0.2) is 23.1 Å². The van der Waals surface area contributed by atoms with Gasteiger partial charge in [0.05, 0.1) is 10.1 Å². The summed E-state index contributed by atoms with van der Waals surface area (Å²) in [6, 6.07) is 5.72. The molecule has 0 radical (unpaired) electrons. The van der Waals surface area contributed by atoms with Crippen LogP contribution in [0.3, 0.4) is 0 Å². The van der Waals surface area contributed by atoms with Crippen molar-refractivity contribution < 1.29 is 8.42 Å². The molecule has 3 unspecified atom stereocenters. The zero-order valence-electron chi connectivity index (χ0n) is 13.5. The number of rotatable bonds is 4. The van der Waals surface area contributed by atoms with Crippen LogP contribution in [0.1, 0.15) is 44.2 Å². The van der Waals surface area contributed by atoms with Gasteiger partial charge >= 0.3 is 0 Å². The van der Waals surface area contributed by atoms with Crippen molar-refractivity contribution in [2.45, 2.75) is 63.1 Å². The number of nitrogens with one attached hydrogen (secondary N) is 1. The summed E-state index contributed by atoms with van der Waals surface area (Å²) in [7, 11) is -3.28. The van der Waals surface area contributed by atoms with E-state index < -0.39 is 9.84 Å². The van der Waals surface area contributed by atoms with Crippen molar-refractivity contribution >= 4 is 9.84 Å². The number of sulfone groups is 1. The highest BCUT2D eigenvalue weighted by molar-refractivity contribution is 7.92. The molecule has 1 aromatic rings. The summed E-state index contributed by atoms with van der Waals surface area (Å²) in [5.74, 6) is 0.477. The molecular formula is C17H27NO2S. The fourth-order valence-corrected chi connectivity index (χ4v) is 5.79. The standard InChI is InChI=1S/C17H27NO2S/c1-5-18-15-8-6-13(3)11-17(15)21(19,20)16-9-7-12(2)10-14(16)4/h7,9-10,13,15,17-18H,5-6,8,11H2,1-4H3. The summed E-state index contributed by atoms with van der Waals surface area (Å²) in [5.41, 5.74) is 1.97. The second kappa shape index (κ2) is 6.49. The lowest BCUT2D eigenvalue weighted by molar-refractivity contribution is 0.311. The molecule has 0 amide bonds. The van der Waals surface area contributed by atoms with E-state index >= 15 is 0 Å². The van der Waals surface area contributed by atoms with Gasteiger partial charge in [-0.15, -0.1) is 0 Å². The molecule has 21 heavy (non-hydrogen) atoms. The largest absolute Gasteiger partial charge is 0.313 e. The van der Waals surface area contributed by atoms with Crippen LogP contribution in [0.5, 0.6) is 0 Å². The van der Waals surface area contributed by atoms with Crippen LogP contribution < -0.4 is 5.32 Å². The molecule has 1 N–H and O–H groups in total. The van der Waals surface area contributed by atoms with Crippen molar-refractivity contribution in [1.29, 1.82) is 0 Å². The van der Waals surface area contributed by atoms with Gasteiger partial charge in [0.25, 0.3) is 0 Å². The smallest absolute Gasteiger partial charge is 0.183 e. The lowest BCUT2D eigenvalue weighted by atomic mass is 9.87. The molecule has 0 heterocycles. The third kappa shape index (κ3) is 3.49. The average molecular weight is 309 g/mol. The van der Waals surface area contributed by atoms with Crippen LogP contribution in [0.2, 0.25) is 0 Å². The van der Waals surface area contributed by atoms with Gasteiger partial charge in [-0.3, -0.25) is 0 Å². The van der Waals surface area contributed by atoms with E-state index in [2.05, 4.69) is 12.2 Å². The van der Waals surface area contributed by atoms with E-state index in [0.717, 1.165) is 36.9 Å². The van der Waals surface area contributed by atoms with Gasteiger partial charge in [0.2, 0.25) is 0 Å². The first-order valence-corrected chi connectivity index (χ1v) is 9.45. The molecule has 0 aromatic heterocycles. The summed E-state index contributed by atoms with van der Waals surface area (Å²) in [6.45, 7) is 8.91. The van der Waals surface area contributed by atoms with Gasteiger partial charge in [0.1, 0.15) is 0 Å². The maximum Gasteiger partial charge on any atom is 0.183 e. The molecule has 118 valence electrons. The van der Waals surface area contributed by atoms with Crippen LogP contribution >= 0.6 is 0 Å². The number of hydrogen-bond acceptors (Lipinski definition) is 3. The van der Waals surface area contributed by atoms with Gasteiger partial charge in [0.15, 0.2) is 9.84 Å². The van der Waals surface area contributed by atoms with Crippen LogP contribution in [-0.2, 0) is 9.84 Å². The van der Waals surface area contributed by atoms with E-state index in [1.807, 2.05) is 32.9 Å². The normalized spacial score (nSPS) is 26.8. The van der Waals surface area contributed by atoms with Gasteiger partial charge in [-0.1, -0.05) is 31.5 Å². The molecule has 0 aliphatic heterocycles. The van der Waals surface area contributed by atoms with Crippen molar-refractivity contribution in [3.05, 3.63) is 29.3 Å². The Bertz CT molecular complexity index is 595. The first-order chi connectivity index (χ1) is 9.86. The molecule has 1 saturated carbocycles. The number of aryl methyl sites for hydroxylation is 2. The van der Waals surface area contributed by atoms with Crippen molar-refractivity contribution in [3.8, 4) is 0 Å². The molecule has 3 atom stereocenters. The zero-order valence-corrected chi connectivity index (χ0v) is 14.3. The molecule has 1 aliphatic rings. The SMILES string of the molecule is CCNC1CCC(C)CC1S(=O)(=O)c1ccc(C)cc1C. The highest BCUT2D eigenvalue weighted by atomic mass is 32.2. The molecule has 1 aliphatic carbocycles. The summed E-state index contributed by atoms with van der Waals surface area (Å²) in [4.78, 5) is 0.509. The molecule has 1 aromatic carbocycles. The Labute approximate surface area is 129 Å². The van der Waals surface area contributed by atoms with Gasteiger partial charge in [-0.25, -0.2) is 8.42 Å². The third-order valence-electron chi connectivity index (χ3n) is 4.56. The Hall–Kier alpha value is -0.870. The van der Waals surface area contributed by atoms with Crippen molar-refractivity contribution in [2.75, 3.05) is 6.54 Å². The number of benzene rings is 1.